The Morgan fingerprint density at radius 1 is 1.80 bits per heavy atom. The van der Waals surface area contributed by atoms with Crippen molar-refractivity contribution in [1.82, 2.24) is 10.5 Å². The molecular formula is C7H11N3. The Bertz CT molecular complexity index is 203. The highest BCUT2D eigenvalue weighted by Gasteiger charge is 2.01. The molecule has 0 aliphatic carbocycles. The second-order valence-electron chi connectivity index (χ2n) is 2.19. The minimum Gasteiger partial charge on any atom is -0.287 e. The molecule has 0 spiro atoms. The fourth-order valence-corrected chi connectivity index (χ4v) is 0.836. The Balaban J connectivity index is 2.81. The van der Waals surface area contributed by atoms with Gasteiger partial charge in [-0.15, -0.1) is 0 Å². The Morgan fingerprint density at radius 2 is 2.50 bits per heavy atom. The van der Waals surface area contributed by atoms with E-state index in [4.69, 9.17) is 0 Å². The summed E-state index contributed by atoms with van der Waals surface area (Å²) in [6.45, 7) is 5.60. The van der Waals surface area contributed by atoms with Crippen LogP contribution in [0.4, 0.5) is 0 Å². The molecule has 1 heterocycles. The van der Waals surface area contributed by atoms with E-state index in [1.807, 2.05) is 20.0 Å². The van der Waals surface area contributed by atoms with Crippen molar-refractivity contribution >= 4 is 5.71 Å². The molecular weight excluding hydrogens is 126 g/mol. The van der Waals surface area contributed by atoms with Gasteiger partial charge in [0, 0.05) is 12.7 Å². The van der Waals surface area contributed by atoms with E-state index >= 15 is 0 Å². The molecule has 1 aliphatic heterocycles. The highest BCUT2D eigenvalue weighted by molar-refractivity contribution is 6.04. The molecule has 0 aromatic heterocycles. The van der Waals surface area contributed by atoms with Gasteiger partial charge in [-0.25, -0.2) is 5.12 Å². The van der Waals surface area contributed by atoms with E-state index in [0.717, 1.165) is 11.4 Å². The predicted octanol–water partition coefficient (Wildman–Crippen LogP) is 0.882. The van der Waals surface area contributed by atoms with Crippen LogP contribution in [0, 0.1) is 0 Å². The van der Waals surface area contributed by atoms with Crippen LogP contribution in [0.15, 0.2) is 29.5 Å². The maximum Gasteiger partial charge on any atom is 0.0863 e. The molecule has 0 radical (unpaired) electrons. The molecule has 0 amide bonds. The van der Waals surface area contributed by atoms with Crippen molar-refractivity contribution in [3.63, 3.8) is 0 Å². The second kappa shape index (κ2) is 2.56. The fraction of sp³-hybridized carbons (Fsp3) is 0.286. The van der Waals surface area contributed by atoms with Gasteiger partial charge in [-0.05, 0) is 19.1 Å². The molecule has 1 aliphatic rings. The van der Waals surface area contributed by atoms with Gasteiger partial charge in [0.05, 0.1) is 5.71 Å². The number of rotatable bonds is 1. The third-order valence-electron chi connectivity index (χ3n) is 1.18. The number of allylic oxidation sites excluding steroid dienone is 3. The van der Waals surface area contributed by atoms with Gasteiger partial charge in [0.1, 0.15) is 0 Å². The molecule has 3 nitrogen and oxygen atoms in total. The summed E-state index contributed by atoms with van der Waals surface area (Å²) in [6.07, 6.45) is 3.66. The summed E-state index contributed by atoms with van der Waals surface area (Å²) in [6, 6.07) is 0. The molecule has 0 atom stereocenters. The van der Waals surface area contributed by atoms with Crippen molar-refractivity contribution in [3.8, 4) is 0 Å². The third-order valence-corrected chi connectivity index (χ3v) is 1.18. The lowest BCUT2D eigenvalue weighted by atomic mass is 10.3. The van der Waals surface area contributed by atoms with Gasteiger partial charge in [0.15, 0.2) is 0 Å². The van der Waals surface area contributed by atoms with Gasteiger partial charge < -0.3 is 0 Å². The van der Waals surface area contributed by atoms with Crippen molar-refractivity contribution < 1.29 is 0 Å². The number of hydrazine groups is 1. The van der Waals surface area contributed by atoms with Crippen molar-refractivity contribution in [2.45, 2.75) is 6.92 Å². The normalized spacial score (nSPS) is 17.2. The zero-order valence-electron chi connectivity index (χ0n) is 6.26. The van der Waals surface area contributed by atoms with Gasteiger partial charge >= 0.3 is 0 Å². The van der Waals surface area contributed by atoms with Crippen LogP contribution < -0.4 is 5.43 Å². The van der Waals surface area contributed by atoms with E-state index in [2.05, 4.69) is 17.1 Å². The molecule has 0 bridgehead atoms. The first kappa shape index (κ1) is 6.86. The average Bonchev–Trinajstić information content (AvgIpc) is 1.85. The third kappa shape index (κ3) is 1.37. The second-order valence-corrected chi connectivity index (χ2v) is 2.19. The summed E-state index contributed by atoms with van der Waals surface area (Å²) in [5.74, 6) is 0. The van der Waals surface area contributed by atoms with E-state index in [-0.39, 0.29) is 0 Å². The lowest BCUT2D eigenvalue weighted by Gasteiger charge is -2.20. The first-order chi connectivity index (χ1) is 4.72. The lowest BCUT2D eigenvalue weighted by molar-refractivity contribution is 0.276. The van der Waals surface area contributed by atoms with E-state index in [1.165, 1.54) is 0 Å². The number of nitrogens with one attached hydrogen (secondary N) is 1. The summed E-state index contributed by atoms with van der Waals surface area (Å²) >= 11 is 0. The van der Waals surface area contributed by atoms with Crippen LogP contribution in [0.25, 0.3) is 0 Å². The van der Waals surface area contributed by atoms with Crippen LogP contribution in [0.2, 0.25) is 0 Å². The number of hydrogen-bond donors (Lipinski definition) is 1. The van der Waals surface area contributed by atoms with E-state index in [1.54, 1.807) is 11.2 Å². The Hall–Kier alpha value is -1.25. The zero-order chi connectivity index (χ0) is 7.56. The molecule has 1 N–H and O–H groups in total. The zero-order valence-corrected chi connectivity index (χ0v) is 6.26. The number of hydrogen-bond acceptors (Lipinski definition) is 3. The number of hydrazone groups is 1. The molecule has 54 valence electrons. The van der Waals surface area contributed by atoms with Gasteiger partial charge in [0.2, 0.25) is 0 Å². The van der Waals surface area contributed by atoms with Crippen molar-refractivity contribution in [3.05, 3.63) is 24.4 Å². The smallest absolute Gasteiger partial charge is 0.0863 e. The molecule has 3 heteroatoms. The van der Waals surface area contributed by atoms with Crippen LogP contribution >= 0.6 is 0 Å². The van der Waals surface area contributed by atoms with Crippen molar-refractivity contribution in [1.29, 1.82) is 0 Å². The Labute approximate surface area is 60.7 Å². The van der Waals surface area contributed by atoms with Crippen molar-refractivity contribution in [2.75, 3.05) is 7.05 Å². The monoisotopic (exact) mass is 137 g/mol. The maximum absolute atomic E-state index is 4.10. The largest absolute Gasteiger partial charge is 0.287 e. The quantitative estimate of drug-likeness (QED) is 0.581. The standard InChI is InChI=1S/C7H11N3/c1-4-7-5-6(2)8-10(3)9-7/h4-5,8H,1H2,2-3H3. The van der Waals surface area contributed by atoms with Crippen LogP contribution in [0.3, 0.4) is 0 Å². The van der Waals surface area contributed by atoms with Crippen LogP contribution in [-0.2, 0) is 0 Å². The van der Waals surface area contributed by atoms with E-state index in [0.29, 0.717) is 0 Å². The maximum atomic E-state index is 4.10. The molecule has 0 aromatic rings. The molecule has 10 heavy (non-hydrogen) atoms. The van der Waals surface area contributed by atoms with Gasteiger partial charge in [-0.3, -0.25) is 5.43 Å². The lowest BCUT2D eigenvalue weighted by Crippen LogP contribution is -2.32. The Kier molecular flexibility index (Phi) is 1.76. The van der Waals surface area contributed by atoms with Crippen LogP contribution in [0.5, 0.6) is 0 Å². The fourth-order valence-electron chi connectivity index (χ4n) is 0.836. The minimum atomic E-state index is 0.888. The van der Waals surface area contributed by atoms with Gasteiger partial charge in [-0.1, -0.05) is 6.58 Å². The Morgan fingerprint density at radius 3 is 3.00 bits per heavy atom. The van der Waals surface area contributed by atoms with E-state index in [9.17, 15) is 0 Å². The highest BCUT2D eigenvalue weighted by Crippen LogP contribution is 1.99. The summed E-state index contributed by atoms with van der Waals surface area (Å²) in [5, 5.41) is 5.75. The molecule has 0 fully saturated rings. The average molecular weight is 137 g/mol. The summed E-state index contributed by atoms with van der Waals surface area (Å²) < 4.78 is 0. The van der Waals surface area contributed by atoms with Crippen LogP contribution in [-0.4, -0.2) is 17.9 Å². The van der Waals surface area contributed by atoms with Crippen molar-refractivity contribution in [2.24, 2.45) is 5.10 Å². The molecule has 0 saturated heterocycles. The summed E-state index contributed by atoms with van der Waals surface area (Å²) in [4.78, 5) is 0. The van der Waals surface area contributed by atoms with E-state index < -0.39 is 0 Å². The summed E-state index contributed by atoms with van der Waals surface area (Å²) in [7, 11) is 1.85. The topological polar surface area (TPSA) is 27.6 Å². The SMILES string of the molecule is C=CC1=NN(C)NC(C)=C1. The van der Waals surface area contributed by atoms with Gasteiger partial charge in [0.25, 0.3) is 0 Å². The predicted molar refractivity (Wildman–Crippen MR) is 42.3 cm³/mol. The van der Waals surface area contributed by atoms with Crippen LogP contribution in [0.1, 0.15) is 6.92 Å². The highest BCUT2D eigenvalue weighted by atomic mass is 15.7. The first-order valence-corrected chi connectivity index (χ1v) is 3.12. The summed E-state index contributed by atoms with van der Waals surface area (Å²) in [5.41, 5.74) is 4.97. The molecule has 1 rings (SSSR count). The molecule has 0 unspecified atom stereocenters. The number of nitrogens with zero attached hydrogens (tertiary/aromatic N) is 2. The van der Waals surface area contributed by atoms with Gasteiger partial charge in [-0.2, -0.15) is 5.10 Å². The molecule has 0 aromatic carbocycles. The first-order valence-electron chi connectivity index (χ1n) is 3.12. The molecule has 0 saturated carbocycles. The minimum absolute atomic E-state index is 0.888.